The number of sulfonamides is 1. The van der Waals surface area contributed by atoms with E-state index in [1.807, 2.05) is 0 Å². The van der Waals surface area contributed by atoms with Crippen LogP contribution in [0.15, 0.2) is 0 Å². The predicted octanol–water partition coefficient (Wildman–Crippen LogP) is -0.609. The van der Waals surface area contributed by atoms with Crippen LogP contribution in [-0.2, 0) is 10.0 Å². The van der Waals surface area contributed by atoms with Crippen molar-refractivity contribution < 1.29 is 18.3 Å². The van der Waals surface area contributed by atoms with Crippen molar-refractivity contribution >= 4 is 10.0 Å². The molecule has 0 aliphatic carbocycles. The van der Waals surface area contributed by atoms with Gasteiger partial charge in [-0.3, -0.25) is 0 Å². The number of quaternary nitrogens is 1. The van der Waals surface area contributed by atoms with Gasteiger partial charge in [-0.2, -0.15) is 4.65 Å². The van der Waals surface area contributed by atoms with Gasteiger partial charge in [-0.1, -0.05) is 0 Å². The van der Waals surface area contributed by atoms with Crippen LogP contribution in [0.3, 0.4) is 0 Å². The van der Waals surface area contributed by atoms with E-state index in [9.17, 15) is 13.6 Å². The SMILES string of the molecule is C[N+](C)(O)CCCNS(C)(=O)=O. The standard InChI is InChI=1S/C6H17N2O3S/c1-8(2,9)6-4-5-7-12(3,10)11/h7,9H,4-6H2,1-3H3/q+1. The topological polar surface area (TPSA) is 66.4 Å². The first kappa shape index (κ1) is 11.8. The summed E-state index contributed by atoms with van der Waals surface area (Å²) >= 11 is 0. The van der Waals surface area contributed by atoms with Crippen LogP contribution in [0.4, 0.5) is 0 Å². The van der Waals surface area contributed by atoms with Crippen molar-refractivity contribution in [1.82, 2.24) is 4.72 Å². The fraction of sp³-hybridized carbons (Fsp3) is 1.00. The second-order valence-electron chi connectivity index (χ2n) is 3.36. The van der Waals surface area contributed by atoms with Crippen molar-refractivity contribution in [3.8, 4) is 0 Å². The molecule has 12 heavy (non-hydrogen) atoms. The zero-order valence-corrected chi connectivity index (χ0v) is 8.56. The highest BCUT2D eigenvalue weighted by Gasteiger charge is 2.09. The first-order valence-electron chi connectivity index (χ1n) is 3.71. The van der Waals surface area contributed by atoms with E-state index in [1.54, 1.807) is 14.1 Å². The lowest BCUT2D eigenvalue weighted by Gasteiger charge is -2.18. The molecule has 0 heterocycles. The van der Waals surface area contributed by atoms with E-state index in [0.717, 1.165) is 6.26 Å². The quantitative estimate of drug-likeness (QED) is 0.351. The van der Waals surface area contributed by atoms with Gasteiger partial charge in [0.25, 0.3) is 0 Å². The number of hydroxylamine groups is 3. The van der Waals surface area contributed by atoms with E-state index in [-0.39, 0.29) is 4.65 Å². The molecule has 0 amide bonds. The molecule has 0 saturated carbocycles. The third-order valence-corrected chi connectivity index (χ3v) is 1.97. The molecule has 0 fully saturated rings. The molecule has 2 N–H and O–H groups in total. The van der Waals surface area contributed by atoms with Crippen LogP contribution in [0.25, 0.3) is 0 Å². The molecule has 0 rings (SSSR count). The van der Waals surface area contributed by atoms with Crippen molar-refractivity contribution in [2.75, 3.05) is 33.4 Å². The number of hydrogen-bond donors (Lipinski definition) is 2. The number of rotatable bonds is 5. The zero-order valence-electron chi connectivity index (χ0n) is 7.74. The molecule has 0 unspecified atom stereocenters. The summed E-state index contributed by atoms with van der Waals surface area (Å²) in [7, 11) is 0.198. The van der Waals surface area contributed by atoms with E-state index in [1.165, 1.54) is 0 Å². The van der Waals surface area contributed by atoms with Gasteiger partial charge in [-0.25, -0.2) is 18.3 Å². The monoisotopic (exact) mass is 197 g/mol. The Balaban J connectivity index is 3.48. The van der Waals surface area contributed by atoms with Gasteiger partial charge in [0.2, 0.25) is 10.0 Å². The molecule has 0 aliphatic rings. The molecular formula is C6H17N2O3S+. The van der Waals surface area contributed by atoms with Crippen LogP contribution in [0.1, 0.15) is 6.42 Å². The van der Waals surface area contributed by atoms with E-state index in [4.69, 9.17) is 0 Å². The van der Waals surface area contributed by atoms with E-state index >= 15 is 0 Å². The van der Waals surface area contributed by atoms with Gasteiger partial charge in [-0.05, 0) is 0 Å². The van der Waals surface area contributed by atoms with Crippen molar-refractivity contribution in [3.63, 3.8) is 0 Å². The van der Waals surface area contributed by atoms with Gasteiger partial charge in [0, 0.05) is 13.0 Å². The first-order valence-corrected chi connectivity index (χ1v) is 5.60. The molecule has 0 aromatic heterocycles. The molecule has 74 valence electrons. The third kappa shape index (κ3) is 9.83. The first-order chi connectivity index (χ1) is 5.21. The number of nitrogens with one attached hydrogen (secondary N) is 1. The second kappa shape index (κ2) is 4.18. The molecule has 0 aliphatic heterocycles. The number of hydrogen-bond acceptors (Lipinski definition) is 3. The van der Waals surface area contributed by atoms with Gasteiger partial charge in [0.05, 0.1) is 20.4 Å². The molecule has 0 aromatic carbocycles. The van der Waals surface area contributed by atoms with Gasteiger partial charge < -0.3 is 0 Å². The molecular weight excluding hydrogens is 180 g/mol. The summed E-state index contributed by atoms with van der Waals surface area (Å²) in [5, 5.41) is 9.21. The molecule has 0 spiro atoms. The predicted molar refractivity (Wildman–Crippen MR) is 46.2 cm³/mol. The van der Waals surface area contributed by atoms with Crippen molar-refractivity contribution in [2.24, 2.45) is 0 Å². The van der Waals surface area contributed by atoms with Gasteiger partial charge in [0.15, 0.2) is 0 Å². The molecule has 0 atom stereocenters. The molecule has 0 bridgehead atoms. The summed E-state index contributed by atoms with van der Waals surface area (Å²) in [4.78, 5) is 0. The van der Waals surface area contributed by atoms with Crippen molar-refractivity contribution in [2.45, 2.75) is 6.42 Å². The van der Waals surface area contributed by atoms with Crippen molar-refractivity contribution in [1.29, 1.82) is 0 Å². The minimum Gasteiger partial charge on any atom is -0.217 e. The van der Waals surface area contributed by atoms with Crippen LogP contribution in [-0.4, -0.2) is 51.7 Å². The second-order valence-corrected chi connectivity index (χ2v) is 5.20. The maximum atomic E-state index is 10.6. The fourth-order valence-corrected chi connectivity index (χ4v) is 1.24. The maximum Gasteiger partial charge on any atom is 0.208 e. The average molecular weight is 197 g/mol. The lowest BCUT2D eigenvalue weighted by Crippen LogP contribution is -2.38. The van der Waals surface area contributed by atoms with Crippen LogP contribution in [0.2, 0.25) is 0 Å². The highest BCUT2D eigenvalue weighted by atomic mass is 32.2. The van der Waals surface area contributed by atoms with E-state index in [2.05, 4.69) is 4.72 Å². The highest BCUT2D eigenvalue weighted by Crippen LogP contribution is 1.91. The normalized spacial score (nSPS) is 13.3. The zero-order chi connectivity index (χ0) is 9.83. The lowest BCUT2D eigenvalue weighted by atomic mass is 10.4. The molecule has 5 nitrogen and oxygen atoms in total. The maximum absolute atomic E-state index is 10.6. The largest absolute Gasteiger partial charge is 0.217 e. The molecule has 6 heteroatoms. The van der Waals surface area contributed by atoms with Gasteiger partial charge in [0.1, 0.15) is 6.54 Å². The Morgan fingerprint density at radius 1 is 1.42 bits per heavy atom. The minimum atomic E-state index is -3.08. The Labute approximate surface area is 73.6 Å². The molecule has 0 saturated heterocycles. The minimum absolute atomic E-state index is 0.133. The van der Waals surface area contributed by atoms with Crippen LogP contribution >= 0.6 is 0 Å². The average Bonchev–Trinajstić information content (AvgIpc) is 1.76. The summed E-state index contributed by atoms with van der Waals surface area (Å²) in [6.07, 6.45) is 1.74. The third-order valence-electron chi connectivity index (χ3n) is 1.25. The summed E-state index contributed by atoms with van der Waals surface area (Å²) < 4.78 is 23.4. The Morgan fingerprint density at radius 3 is 2.25 bits per heavy atom. The molecule has 0 radical (unpaired) electrons. The Kier molecular flexibility index (Phi) is 4.12. The van der Waals surface area contributed by atoms with E-state index < -0.39 is 10.0 Å². The summed E-state index contributed by atoms with van der Waals surface area (Å²) in [5.41, 5.74) is 0. The fourth-order valence-electron chi connectivity index (χ4n) is 0.724. The Hall–Kier alpha value is -0.170. The highest BCUT2D eigenvalue weighted by molar-refractivity contribution is 7.88. The van der Waals surface area contributed by atoms with Gasteiger partial charge in [-0.15, -0.1) is 0 Å². The summed E-state index contributed by atoms with van der Waals surface area (Å²) in [6, 6.07) is 0. The Morgan fingerprint density at radius 2 is 1.92 bits per heavy atom. The van der Waals surface area contributed by atoms with E-state index in [0.29, 0.717) is 19.5 Å². The van der Waals surface area contributed by atoms with Crippen molar-refractivity contribution in [3.05, 3.63) is 0 Å². The van der Waals surface area contributed by atoms with Crippen LogP contribution in [0.5, 0.6) is 0 Å². The lowest BCUT2D eigenvalue weighted by molar-refractivity contribution is -1.07. The molecule has 0 aromatic rings. The summed E-state index contributed by atoms with van der Waals surface area (Å²) in [6.45, 7) is 0.906. The smallest absolute Gasteiger partial charge is 0.208 e. The summed E-state index contributed by atoms with van der Waals surface area (Å²) in [5.74, 6) is 0. The number of nitrogens with zero attached hydrogens (tertiary/aromatic N) is 1. The van der Waals surface area contributed by atoms with Crippen LogP contribution < -0.4 is 4.72 Å². The van der Waals surface area contributed by atoms with Gasteiger partial charge >= 0.3 is 0 Å². The Bertz CT molecular complexity index is 217. The van der Waals surface area contributed by atoms with Crippen LogP contribution in [0, 0.1) is 0 Å².